The van der Waals surface area contributed by atoms with Crippen molar-refractivity contribution in [2.45, 2.75) is 13.8 Å². The van der Waals surface area contributed by atoms with E-state index in [9.17, 15) is 4.79 Å². The zero-order chi connectivity index (χ0) is 14.9. The first-order valence-electron chi connectivity index (χ1n) is 6.19. The molecule has 0 aliphatic carbocycles. The first kappa shape index (κ1) is 13.9. The van der Waals surface area contributed by atoms with Crippen LogP contribution in [0.3, 0.4) is 0 Å². The number of anilines is 2. The lowest BCUT2D eigenvalue weighted by atomic mass is 10.1. The molecule has 0 spiro atoms. The number of nitrogen functional groups attached to an aromatic ring is 1. The summed E-state index contributed by atoms with van der Waals surface area (Å²) < 4.78 is 6.79. The summed E-state index contributed by atoms with van der Waals surface area (Å²) in [6, 6.07) is 4.97. The number of hydrogen-bond acceptors (Lipinski definition) is 4. The monoisotopic (exact) mass is 274 g/mol. The summed E-state index contributed by atoms with van der Waals surface area (Å²) in [4.78, 5) is 12.3. The topological polar surface area (TPSA) is 82.2 Å². The maximum absolute atomic E-state index is 12.3. The molecule has 0 aliphatic rings. The number of benzene rings is 1. The van der Waals surface area contributed by atoms with Gasteiger partial charge in [0.05, 0.1) is 29.7 Å². The number of carbonyl (C=O) groups is 1. The van der Waals surface area contributed by atoms with Crippen LogP contribution in [0.5, 0.6) is 5.75 Å². The molecule has 6 nitrogen and oxygen atoms in total. The summed E-state index contributed by atoms with van der Waals surface area (Å²) >= 11 is 0. The summed E-state index contributed by atoms with van der Waals surface area (Å²) in [5.41, 5.74) is 9.03. The summed E-state index contributed by atoms with van der Waals surface area (Å²) in [6.07, 6.45) is 0. The molecule has 2 aromatic rings. The van der Waals surface area contributed by atoms with Crippen molar-refractivity contribution in [2.24, 2.45) is 7.05 Å². The Kier molecular flexibility index (Phi) is 3.65. The van der Waals surface area contributed by atoms with Gasteiger partial charge < -0.3 is 15.8 Å². The lowest BCUT2D eigenvalue weighted by molar-refractivity contribution is 0.102. The van der Waals surface area contributed by atoms with Crippen molar-refractivity contribution in [3.8, 4) is 5.75 Å². The van der Waals surface area contributed by atoms with Gasteiger partial charge in [-0.15, -0.1) is 0 Å². The van der Waals surface area contributed by atoms with Gasteiger partial charge in [0.15, 0.2) is 0 Å². The SMILES string of the molecule is COc1ccc(C(=O)Nc2c(C)nn(C)c2C)c(N)c1. The number of amides is 1. The minimum Gasteiger partial charge on any atom is -0.497 e. The molecule has 1 aromatic heterocycles. The van der Waals surface area contributed by atoms with Crippen LogP contribution in [0.4, 0.5) is 11.4 Å². The Morgan fingerprint density at radius 1 is 1.40 bits per heavy atom. The Morgan fingerprint density at radius 2 is 2.10 bits per heavy atom. The van der Waals surface area contributed by atoms with Crippen LogP contribution in [0.15, 0.2) is 18.2 Å². The van der Waals surface area contributed by atoms with Crippen molar-refractivity contribution >= 4 is 17.3 Å². The minimum absolute atomic E-state index is 0.260. The van der Waals surface area contributed by atoms with Crippen molar-refractivity contribution in [2.75, 3.05) is 18.2 Å². The zero-order valence-electron chi connectivity index (χ0n) is 12.0. The lowest BCUT2D eigenvalue weighted by Crippen LogP contribution is -2.15. The molecular formula is C14H18N4O2. The van der Waals surface area contributed by atoms with E-state index < -0.39 is 0 Å². The quantitative estimate of drug-likeness (QED) is 0.837. The Balaban J connectivity index is 2.28. The van der Waals surface area contributed by atoms with Crippen molar-refractivity contribution in [1.29, 1.82) is 0 Å². The van der Waals surface area contributed by atoms with Crippen LogP contribution in [-0.4, -0.2) is 22.8 Å². The molecule has 1 aromatic carbocycles. The maximum atomic E-state index is 12.3. The summed E-state index contributed by atoms with van der Waals surface area (Å²) in [7, 11) is 3.39. The Hall–Kier alpha value is -2.50. The molecule has 0 fully saturated rings. The number of rotatable bonds is 3. The highest BCUT2D eigenvalue weighted by atomic mass is 16.5. The summed E-state index contributed by atoms with van der Waals surface area (Å²) in [5.74, 6) is 0.358. The van der Waals surface area contributed by atoms with Crippen molar-refractivity contribution in [3.63, 3.8) is 0 Å². The highest BCUT2D eigenvalue weighted by Gasteiger charge is 2.15. The number of carbonyl (C=O) groups excluding carboxylic acids is 1. The van der Waals surface area contributed by atoms with E-state index >= 15 is 0 Å². The van der Waals surface area contributed by atoms with Crippen LogP contribution < -0.4 is 15.8 Å². The number of nitrogens with one attached hydrogen (secondary N) is 1. The molecule has 106 valence electrons. The first-order valence-corrected chi connectivity index (χ1v) is 6.19. The molecule has 3 N–H and O–H groups in total. The number of nitrogens with zero attached hydrogens (tertiary/aromatic N) is 2. The van der Waals surface area contributed by atoms with Gasteiger partial charge >= 0.3 is 0 Å². The van der Waals surface area contributed by atoms with Crippen LogP contribution >= 0.6 is 0 Å². The van der Waals surface area contributed by atoms with Crippen molar-refractivity contribution < 1.29 is 9.53 Å². The van der Waals surface area contributed by atoms with Crippen LogP contribution in [0.25, 0.3) is 0 Å². The predicted molar refractivity (Wildman–Crippen MR) is 78.0 cm³/mol. The molecule has 0 aliphatic heterocycles. The molecule has 2 rings (SSSR count). The molecule has 1 amide bonds. The fourth-order valence-electron chi connectivity index (χ4n) is 2.01. The van der Waals surface area contributed by atoms with Gasteiger partial charge in [-0.3, -0.25) is 9.48 Å². The van der Waals surface area contributed by atoms with Crippen molar-refractivity contribution in [3.05, 3.63) is 35.2 Å². The second-order valence-electron chi connectivity index (χ2n) is 4.58. The average molecular weight is 274 g/mol. The zero-order valence-corrected chi connectivity index (χ0v) is 12.0. The third kappa shape index (κ3) is 2.45. The lowest BCUT2D eigenvalue weighted by Gasteiger charge is -2.09. The Labute approximate surface area is 117 Å². The first-order chi connectivity index (χ1) is 9.43. The summed E-state index contributed by atoms with van der Waals surface area (Å²) in [5, 5.41) is 7.11. The highest BCUT2D eigenvalue weighted by molar-refractivity contribution is 6.08. The highest BCUT2D eigenvalue weighted by Crippen LogP contribution is 2.23. The third-order valence-electron chi connectivity index (χ3n) is 3.25. The number of aromatic nitrogens is 2. The third-order valence-corrected chi connectivity index (χ3v) is 3.25. The van der Waals surface area contributed by atoms with E-state index in [-0.39, 0.29) is 5.91 Å². The Morgan fingerprint density at radius 3 is 2.60 bits per heavy atom. The molecule has 20 heavy (non-hydrogen) atoms. The van der Waals surface area contributed by atoms with Crippen LogP contribution in [0, 0.1) is 13.8 Å². The minimum atomic E-state index is -0.260. The molecular weight excluding hydrogens is 256 g/mol. The average Bonchev–Trinajstić information content (AvgIpc) is 2.65. The van der Waals surface area contributed by atoms with Crippen LogP contribution in [0.2, 0.25) is 0 Å². The van der Waals surface area contributed by atoms with Gasteiger partial charge in [-0.2, -0.15) is 5.10 Å². The van der Waals surface area contributed by atoms with Crippen molar-refractivity contribution in [1.82, 2.24) is 9.78 Å². The molecule has 0 unspecified atom stereocenters. The smallest absolute Gasteiger partial charge is 0.257 e. The van der Waals surface area contributed by atoms with Gasteiger partial charge in [-0.25, -0.2) is 0 Å². The Bertz CT molecular complexity index is 661. The number of nitrogens with two attached hydrogens (primary N) is 1. The largest absolute Gasteiger partial charge is 0.497 e. The van der Waals surface area contributed by atoms with E-state index in [0.717, 1.165) is 11.4 Å². The fraction of sp³-hybridized carbons (Fsp3) is 0.286. The molecule has 0 saturated heterocycles. The number of methoxy groups -OCH3 is 1. The molecule has 0 bridgehead atoms. The van der Waals surface area contributed by atoms with E-state index in [2.05, 4.69) is 10.4 Å². The van der Waals surface area contributed by atoms with E-state index in [1.807, 2.05) is 20.9 Å². The van der Waals surface area contributed by atoms with E-state index in [1.54, 1.807) is 30.0 Å². The van der Waals surface area contributed by atoms with Gasteiger partial charge in [0.2, 0.25) is 0 Å². The van der Waals surface area contributed by atoms with Gasteiger partial charge in [0.1, 0.15) is 5.75 Å². The standard InChI is InChI=1S/C14H18N4O2/c1-8-13(9(2)18(3)17-8)16-14(19)11-6-5-10(20-4)7-12(11)15/h5-7H,15H2,1-4H3,(H,16,19). The number of hydrogen-bond donors (Lipinski definition) is 2. The van der Waals surface area contributed by atoms with E-state index in [4.69, 9.17) is 10.5 Å². The second-order valence-corrected chi connectivity index (χ2v) is 4.58. The van der Waals surface area contributed by atoms with E-state index in [1.165, 1.54) is 0 Å². The molecule has 0 saturated carbocycles. The van der Waals surface area contributed by atoms with Crippen LogP contribution in [-0.2, 0) is 7.05 Å². The molecule has 6 heteroatoms. The van der Waals surface area contributed by atoms with Crippen LogP contribution in [0.1, 0.15) is 21.7 Å². The van der Waals surface area contributed by atoms with Gasteiger partial charge in [-0.1, -0.05) is 0 Å². The number of aryl methyl sites for hydroxylation is 2. The number of ether oxygens (including phenoxy) is 1. The fourth-order valence-corrected chi connectivity index (χ4v) is 2.01. The predicted octanol–water partition coefficient (Wildman–Crippen LogP) is 1.88. The normalized spacial score (nSPS) is 10.4. The molecule has 0 atom stereocenters. The van der Waals surface area contributed by atoms with E-state index in [0.29, 0.717) is 22.7 Å². The summed E-state index contributed by atoms with van der Waals surface area (Å²) in [6.45, 7) is 3.74. The van der Waals surface area contributed by atoms with Gasteiger partial charge in [0.25, 0.3) is 5.91 Å². The molecule has 0 radical (unpaired) electrons. The van der Waals surface area contributed by atoms with Gasteiger partial charge in [-0.05, 0) is 26.0 Å². The second kappa shape index (κ2) is 5.24. The molecule has 1 heterocycles. The maximum Gasteiger partial charge on any atom is 0.257 e. The van der Waals surface area contributed by atoms with Gasteiger partial charge in [0, 0.05) is 18.8 Å².